The van der Waals surface area contributed by atoms with Crippen molar-refractivity contribution in [3.63, 3.8) is 0 Å². The fourth-order valence-corrected chi connectivity index (χ4v) is 4.45. The van der Waals surface area contributed by atoms with Crippen LogP contribution in [0.1, 0.15) is 35.4 Å². The molecule has 2 unspecified atom stereocenters. The summed E-state index contributed by atoms with van der Waals surface area (Å²) in [4.78, 5) is 0. The molecule has 1 fully saturated rings. The van der Waals surface area contributed by atoms with E-state index in [1.54, 1.807) is 11.1 Å². The lowest BCUT2D eigenvalue weighted by molar-refractivity contribution is 0.649. The predicted molar refractivity (Wildman–Crippen MR) is 87.3 cm³/mol. The molecular formula is C19H15Br. The summed E-state index contributed by atoms with van der Waals surface area (Å²) in [6, 6.07) is 4.43. The van der Waals surface area contributed by atoms with E-state index in [4.69, 9.17) is 0 Å². The Morgan fingerprint density at radius 3 is 2.60 bits per heavy atom. The zero-order chi connectivity index (χ0) is 13.3. The summed E-state index contributed by atoms with van der Waals surface area (Å²) in [5.74, 6) is 1.92. The highest BCUT2D eigenvalue weighted by atomic mass is 79.9. The second-order valence-corrected chi connectivity index (χ2v) is 7.11. The van der Waals surface area contributed by atoms with Gasteiger partial charge in [-0.25, -0.2) is 0 Å². The van der Waals surface area contributed by atoms with Crippen molar-refractivity contribution in [2.24, 2.45) is 11.8 Å². The number of hydrogen-bond donors (Lipinski definition) is 0. The Hall–Kier alpha value is -1.34. The molecule has 0 N–H and O–H groups in total. The maximum absolute atomic E-state index is 3.72. The van der Waals surface area contributed by atoms with E-state index in [1.165, 1.54) is 34.0 Å². The maximum Gasteiger partial charge on any atom is 0.0251 e. The number of allylic oxidation sites excluding steroid dienone is 6. The standard InChI is InChI=1S/C19H15Br/c20-17-10-6-13-4-8-15-14(11-1-2-11)7-3-12-5-9-16(17)19(13)18(12)15/h3-12,18H,1-2H2. The molecule has 1 saturated carbocycles. The highest BCUT2D eigenvalue weighted by Crippen LogP contribution is 2.53. The van der Waals surface area contributed by atoms with Gasteiger partial charge in [-0.2, -0.15) is 0 Å². The van der Waals surface area contributed by atoms with Crippen LogP contribution in [0.3, 0.4) is 0 Å². The largest absolute Gasteiger partial charge is 0.0764 e. The number of rotatable bonds is 1. The first kappa shape index (κ1) is 11.3. The molecule has 1 aromatic carbocycles. The van der Waals surface area contributed by atoms with Gasteiger partial charge in [0, 0.05) is 16.3 Å². The summed E-state index contributed by atoms with van der Waals surface area (Å²) >= 11 is 3.72. The first-order chi connectivity index (χ1) is 9.83. The van der Waals surface area contributed by atoms with E-state index in [0.717, 1.165) is 5.92 Å². The first-order valence-corrected chi connectivity index (χ1v) is 8.23. The van der Waals surface area contributed by atoms with Crippen molar-refractivity contribution >= 4 is 28.1 Å². The topological polar surface area (TPSA) is 0 Å². The average molecular weight is 323 g/mol. The van der Waals surface area contributed by atoms with Gasteiger partial charge in [0.1, 0.15) is 0 Å². The Morgan fingerprint density at radius 2 is 1.75 bits per heavy atom. The first-order valence-electron chi connectivity index (χ1n) is 7.44. The Morgan fingerprint density at radius 1 is 0.900 bits per heavy atom. The van der Waals surface area contributed by atoms with E-state index in [1.807, 2.05) is 0 Å². The molecule has 1 aromatic rings. The van der Waals surface area contributed by atoms with Crippen LogP contribution in [-0.4, -0.2) is 0 Å². The lowest BCUT2D eigenvalue weighted by Gasteiger charge is -2.37. The molecule has 1 heteroatoms. The molecule has 0 radical (unpaired) electrons. The Kier molecular flexibility index (Phi) is 2.18. The van der Waals surface area contributed by atoms with E-state index in [2.05, 4.69) is 64.5 Å². The Balaban J connectivity index is 1.82. The summed E-state index contributed by atoms with van der Waals surface area (Å²) in [6.45, 7) is 0. The van der Waals surface area contributed by atoms with Gasteiger partial charge >= 0.3 is 0 Å². The molecule has 20 heavy (non-hydrogen) atoms. The lowest BCUT2D eigenvalue weighted by atomic mass is 9.67. The van der Waals surface area contributed by atoms with Gasteiger partial charge in [-0.05, 0) is 52.7 Å². The molecule has 0 bridgehead atoms. The maximum atomic E-state index is 3.72. The molecule has 4 aliphatic rings. The second-order valence-electron chi connectivity index (χ2n) is 6.26. The smallest absolute Gasteiger partial charge is 0.0251 e. The van der Waals surface area contributed by atoms with Gasteiger partial charge < -0.3 is 0 Å². The van der Waals surface area contributed by atoms with Gasteiger partial charge in [0.15, 0.2) is 0 Å². The summed E-state index contributed by atoms with van der Waals surface area (Å²) in [5.41, 5.74) is 7.50. The van der Waals surface area contributed by atoms with Crippen LogP contribution in [0.2, 0.25) is 0 Å². The van der Waals surface area contributed by atoms with E-state index >= 15 is 0 Å². The van der Waals surface area contributed by atoms with E-state index in [-0.39, 0.29) is 0 Å². The summed E-state index contributed by atoms with van der Waals surface area (Å²) < 4.78 is 1.23. The third-order valence-electron chi connectivity index (χ3n) is 5.07. The molecule has 0 aromatic heterocycles. The van der Waals surface area contributed by atoms with E-state index in [0.29, 0.717) is 11.8 Å². The highest BCUT2D eigenvalue weighted by molar-refractivity contribution is 9.10. The van der Waals surface area contributed by atoms with Crippen molar-refractivity contribution in [3.8, 4) is 0 Å². The molecule has 4 aliphatic carbocycles. The third kappa shape index (κ3) is 1.42. The van der Waals surface area contributed by atoms with Gasteiger partial charge in [0.2, 0.25) is 0 Å². The monoisotopic (exact) mass is 322 g/mol. The van der Waals surface area contributed by atoms with Crippen molar-refractivity contribution in [1.82, 2.24) is 0 Å². The average Bonchev–Trinajstić information content (AvgIpc) is 3.31. The molecular weight excluding hydrogens is 308 g/mol. The minimum Gasteiger partial charge on any atom is -0.0764 e. The second kappa shape index (κ2) is 3.85. The molecule has 5 rings (SSSR count). The van der Waals surface area contributed by atoms with Gasteiger partial charge in [-0.1, -0.05) is 58.5 Å². The Labute approximate surface area is 127 Å². The van der Waals surface area contributed by atoms with Crippen molar-refractivity contribution in [2.75, 3.05) is 0 Å². The Bertz CT molecular complexity index is 741. The van der Waals surface area contributed by atoms with Crippen molar-refractivity contribution < 1.29 is 0 Å². The van der Waals surface area contributed by atoms with Crippen molar-refractivity contribution in [1.29, 1.82) is 0 Å². The molecule has 0 nitrogen and oxygen atoms in total. The minimum absolute atomic E-state index is 0.540. The van der Waals surface area contributed by atoms with E-state index in [9.17, 15) is 0 Å². The van der Waals surface area contributed by atoms with Gasteiger partial charge in [0.25, 0.3) is 0 Å². The van der Waals surface area contributed by atoms with Crippen LogP contribution >= 0.6 is 15.9 Å². The van der Waals surface area contributed by atoms with Crippen molar-refractivity contribution in [3.05, 3.63) is 68.7 Å². The third-order valence-corrected chi connectivity index (χ3v) is 5.77. The van der Waals surface area contributed by atoms with Crippen LogP contribution in [0.25, 0.3) is 12.2 Å². The quantitative estimate of drug-likeness (QED) is 0.642. The van der Waals surface area contributed by atoms with Crippen LogP contribution in [0.4, 0.5) is 0 Å². The molecule has 98 valence electrons. The highest BCUT2D eigenvalue weighted by Gasteiger charge is 2.38. The fourth-order valence-electron chi connectivity index (χ4n) is 3.97. The van der Waals surface area contributed by atoms with Crippen LogP contribution in [0.5, 0.6) is 0 Å². The summed E-state index contributed by atoms with van der Waals surface area (Å²) in [5, 5.41) is 0. The lowest BCUT2D eigenvalue weighted by Crippen LogP contribution is -2.22. The molecule has 0 saturated heterocycles. The van der Waals surface area contributed by atoms with Crippen LogP contribution in [-0.2, 0) is 0 Å². The predicted octanol–water partition coefficient (Wildman–Crippen LogP) is 5.48. The number of hydrogen-bond acceptors (Lipinski definition) is 0. The summed E-state index contributed by atoms with van der Waals surface area (Å²) in [7, 11) is 0. The SMILES string of the molecule is Brc1ccc2c3c1C=CC1C=CC(C4CC4)=C(C=C2)C31. The molecule has 2 atom stereocenters. The molecule has 0 amide bonds. The fraction of sp³-hybridized carbons (Fsp3) is 0.263. The molecule has 0 heterocycles. The minimum atomic E-state index is 0.540. The number of benzene rings is 1. The molecule has 0 aliphatic heterocycles. The zero-order valence-electron chi connectivity index (χ0n) is 11.1. The van der Waals surface area contributed by atoms with E-state index < -0.39 is 0 Å². The normalized spacial score (nSPS) is 28.9. The summed E-state index contributed by atoms with van der Waals surface area (Å²) in [6.07, 6.45) is 16.9. The van der Waals surface area contributed by atoms with Crippen molar-refractivity contribution in [2.45, 2.75) is 18.8 Å². The molecule has 0 spiro atoms. The van der Waals surface area contributed by atoms with Gasteiger partial charge in [-0.3, -0.25) is 0 Å². The van der Waals surface area contributed by atoms with Crippen LogP contribution in [0.15, 0.2) is 52.1 Å². The zero-order valence-corrected chi connectivity index (χ0v) is 12.7. The van der Waals surface area contributed by atoms with Crippen LogP contribution < -0.4 is 0 Å². The van der Waals surface area contributed by atoms with Gasteiger partial charge in [-0.15, -0.1) is 0 Å². The van der Waals surface area contributed by atoms with Crippen LogP contribution in [0, 0.1) is 11.8 Å². The number of halogens is 1. The van der Waals surface area contributed by atoms with Gasteiger partial charge in [0.05, 0.1) is 0 Å².